The van der Waals surface area contributed by atoms with Crippen molar-refractivity contribution >= 4 is 35.1 Å². The Kier molecular flexibility index (Phi) is 6.79. The normalized spacial score (nSPS) is 12.6. The summed E-state index contributed by atoms with van der Waals surface area (Å²) in [4.78, 5) is 25.5. The van der Waals surface area contributed by atoms with Gasteiger partial charge in [0.05, 0.1) is 0 Å². The van der Waals surface area contributed by atoms with Crippen LogP contribution in [0.1, 0.15) is 6.42 Å². The van der Waals surface area contributed by atoms with Crippen molar-refractivity contribution in [3.63, 3.8) is 0 Å². The van der Waals surface area contributed by atoms with Crippen LogP contribution < -0.4 is 15.9 Å². The summed E-state index contributed by atoms with van der Waals surface area (Å²) in [5.41, 5.74) is -0.674. The molecule has 0 aliphatic carbocycles. The summed E-state index contributed by atoms with van der Waals surface area (Å²) in [7, 11) is -0.283. The molecule has 1 unspecified atom stereocenters. The Morgan fingerprint density at radius 1 is 0.690 bits per heavy atom. The van der Waals surface area contributed by atoms with Gasteiger partial charge in [-0.15, -0.1) is 0 Å². The van der Waals surface area contributed by atoms with E-state index in [-0.39, 0.29) is 6.42 Å². The molecule has 0 aromatic heterocycles. The van der Waals surface area contributed by atoms with E-state index in [0.29, 0.717) is 0 Å². The second-order valence-electron chi connectivity index (χ2n) is 6.76. The van der Waals surface area contributed by atoms with E-state index in [1.165, 1.54) is 14.2 Å². The molecule has 0 N–H and O–H groups in total. The van der Waals surface area contributed by atoms with Crippen molar-refractivity contribution in [3.8, 4) is 0 Å². The van der Waals surface area contributed by atoms with Gasteiger partial charge in [-0.1, -0.05) is 0 Å². The summed E-state index contributed by atoms with van der Waals surface area (Å²) in [5, 5.41) is 3.12. The molecule has 0 aliphatic rings. The summed E-state index contributed by atoms with van der Waals surface area (Å²) < 4.78 is 10.2. The molecule has 3 aromatic carbocycles. The van der Waals surface area contributed by atoms with E-state index in [1.807, 2.05) is 91.0 Å². The van der Waals surface area contributed by atoms with Gasteiger partial charge in [-0.3, -0.25) is 0 Å². The van der Waals surface area contributed by atoms with E-state index in [0.717, 1.165) is 15.9 Å². The Morgan fingerprint density at radius 3 is 1.38 bits per heavy atom. The van der Waals surface area contributed by atoms with Crippen LogP contribution in [0.4, 0.5) is 0 Å². The first kappa shape index (κ1) is 20.8. The molecule has 0 amide bonds. The summed E-state index contributed by atoms with van der Waals surface area (Å²) >= 11 is 0. The van der Waals surface area contributed by atoms with Crippen LogP contribution in [0.2, 0.25) is 0 Å². The van der Waals surface area contributed by atoms with Crippen LogP contribution in [0.15, 0.2) is 91.0 Å². The minimum atomic E-state index is -2.99. The third-order valence-electron chi connectivity index (χ3n) is 5.29. The molecule has 0 heterocycles. The van der Waals surface area contributed by atoms with Gasteiger partial charge in [0.1, 0.15) is 0 Å². The first-order valence-electron chi connectivity index (χ1n) is 9.45. The fourth-order valence-electron chi connectivity index (χ4n) is 4.01. The molecular formula is C24H25O4P. The van der Waals surface area contributed by atoms with E-state index < -0.39 is 24.9 Å². The van der Waals surface area contributed by atoms with Crippen LogP contribution in [0.25, 0.3) is 0 Å². The number of hydrogen-bond acceptors (Lipinski definition) is 4. The molecule has 0 aliphatic heterocycles. The molecule has 29 heavy (non-hydrogen) atoms. The van der Waals surface area contributed by atoms with Crippen LogP contribution in [-0.4, -0.2) is 31.8 Å². The number of benzene rings is 3. The van der Waals surface area contributed by atoms with E-state index in [9.17, 15) is 9.59 Å². The topological polar surface area (TPSA) is 52.6 Å². The molecule has 150 valence electrons. The molecule has 0 saturated carbocycles. The Morgan fingerprint density at radius 2 is 1.07 bits per heavy atom. The predicted octanol–water partition coefficient (Wildman–Crippen LogP) is 2.82. The van der Waals surface area contributed by atoms with Crippen LogP contribution in [0.5, 0.6) is 0 Å². The molecule has 0 spiro atoms. The van der Waals surface area contributed by atoms with Gasteiger partial charge < -0.3 is 0 Å². The Balaban J connectivity index is 2.40. The molecule has 4 nitrogen and oxygen atoms in total. The molecule has 1 atom stereocenters. The molecule has 0 saturated heterocycles. The predicted molar refractivity (Wildman–Crippen MR) is 119 cm³/mol. The fraction of sp³-hybridized carbons (Fsp3) is 0.167. The van der Waals surface area contributed by atoms with Crippen molar-refractivity contribution in [3.05, 3.63) is 91.0 Å². The first-order chi connectivity index (χ1) is 14.1. The third-order valence-corrected chi connectivity index (χ3v) is 10.5. The van der Waals surface area contributed by atoms with Gasteiger partial charge in [-0.05, 0) is 0 Å². The van der Waals surface area contributed by atoms with Gasteiger partial charge in [-0.25, -0.2) is 0 Å². The average molecular weight is 408 g/mol. The third kappa shape index (κ3) is 4.08. The maximum absolute atomic E-state index is 13.1. The summed E-state index contributed by atoms with van der Waals surface area (Å²) in [5.74, 6) is -0.835. The van der Waals surface area contributed by atoms with E-state index in [4.69, 9.17) is 9.47 Å². The number of rotatable bonds is 7. The van der Waals surface area contributed by atoms with Crippen molar-refractivity contribution < 1.29 is 19.1 Å². The zero-order valence-corrected chi connectivity index (χ0v) is 17.6. The van der Waals surface area contributed by atoms with E-state index in [1.54, 1.807) is 0 Å². The average Bonchev–Trinajstić information content (AvgIpc) is 2.80. The number of esters is 2. The van der Waals surface area contributed by atoms with Crippen molar-refractivity contribution in [2.24, 2.45) is 0 Å². The molecule has 0 radical (unpaired) electrons. The first-order valence-corrected chi connectivity index (χ1v) is 11.5. The number of carbonyl (C=O) groups excluding carboxylic acids is 2. The number of ether oxygens (including phenoxy) is 2. The number of methoxy groups -OCH3 is 2. The molecule has 0 bridgehead atoms. The van der Waals surface area contributed by atoms with Gasteiger partial charge in [0, 0.05) is 0 Å². The molecule has 3 rings (SSSR count). The summed E-state index contributed by atoms with van der Waals surface area (Å²) in [6.45, 7) is 0. The summed E-state index contributed by atoms with van der Waals surface area (Å²) in [6.07, 6.45) is -0.0475. The van der Waals surface area contributed by atoms with Gasteiger partial charge in [0.15, 0.2) is 0 Å². The van der Waals surface area contributed by atoms with Crippen LogP contribution in [-0.2, 0) is 19.1 Å². The van der Waals surface area contributed by atoms with Gasteiger partial charge in [-0.2, -0.15) is 0 Å². The number of hydrogen-bond donors (Lipinski definition) is 0. The van der Waals surface area contributed by atoms with Crippen molar-refractivity contribution in [1.29, 1.82) is 0 Å². The van der Waals surface area contributed by atoms with E-state index >= 15 is 0 Å². The quantitative estimate of drug-likeness (QED) is 0.446. The zero-order valence-electron chi connectivity index (χ0n) is 16.6. The van der Waals surface area contributed by atoms with E-state index in [2.05, 4.69) is 0 Å². The minimum absolute atomic E-state index is 0.0475. The second-order valence-corrected chi connectivity index (χ2v) is 10.8. The van der Waals surface area contributed by atoms with Crippen molar-refractivity contribution in [2.45, 2.75) is 12.1 Å². The number of carbonyl (C=O) groups is 2. The zero-order chi connectivity index (χ0) is 20.7. The SMILES string of the molecule is COC(=O)CC(C(=O)OC)[PH](c1ccccc1)(c1ccccc1)c1ccccc1. The standard InChI is InChI=1S/C24H25O4P/c1-27-23(25)18-22(24(26)28-2)29(19-12-6-3-7-13-19,20-14-8-4-9-15-20)21-16-10-5-11-17-21/h3-17,22,29H,18H2,1-2H3. The van der Waals surface area contributed by atoms with Gasteiger partial charge in [0.2, 0.25) is 0 Å². The van der Waals surface area contributed by atoms with Gasteiger partial charge in [0.25, 0.3) is 0 Å². The summed E-state index contributed by atoms with van der Waals surface area (Å²) in [6, 6.07) is 29.9. The second kappa shape index (κ2) is 9.49. The fourth-order valence-corrected chi connectivity index (χ4v) is 9.32. The molecule has 5 heteroatoms. The Bertz CT molecular complexity index is 846. The van der Waals surface area contributed by atoms with Crippen molar-refractivity contribution in [1.82, 2.24) is 0 Å². The van der Waals surface area contributed by atoms with Crippen LogP contribution >= 0.6 is 7.26 Å². The molecular weight excluding hydrogens is 383 g/mol. The Hall–Kier alpha value is -2.97. The van der Waals surface area contributed by atoms with Crippen LogP contribution in [0, 0.1) is 0 Å². The molecule has 0 fully saturated rings. The monoisotopic (exact) mass is 408 g/mol. The van der Waals surface area contributed by atoms with Crippen molar-refractivity contribution in [2.75, 3.05) is 14.2 Å². The molecule has 3 aromatic rings. The Labute approximate surface area is 171 Å². The van der Waals surface area contributed by atoms with Crippen LogP contribution in [0.3, 0.4) is 0 Å². The van der Waals surface area contributed by atoms with Gasteiger partial charge >= 0.3 is 171 Å². The maximum atomic E-state index is 13.1.